The fourth-order valence-corrected chi connectivity index (χ4v) is 2.77. The SMILES string of the molecule is Cc1c(Cl)nn2c(CCN3CCCC3)nnc2c1C. The van der Waals surface area contributed by atoms with E-state index in [9.17, 15) is 0 Å². The second-order valence-electron chi connectivity index (χ2n) is 5.19. The number of nitrogens with zero attached hydrogens (tertiary/aromatic N) is 5. The van der Waals surface area contributed by atoms with Crippen LogP contribution in [0.5, 0.6) is 0 Å². The van der Waals surface area contributed by atoms with Crippen LogP contribution in [-0.2, 0) is 6.42 Å². The van der Waals surface area contributed by atoms with Crippen molar-refractivity contribution < 1.29 is 0 Å². The van der Waals surface area contributed by atoms with E-state index in [0.29, 0.717) is 5.15 Å². The molecule has 0 aromatic carbocycles. The Bertz CT molecular complexity index is 601. The van der Waals surface area contributed by atoms with Gasteiger partial charge in [-0.2, -0.15) is 9.61 Å². The topological polar surface area (TPSA) is 46.3 Å². The van der Waals surface area contributed by atoms with Crippen LogP contribution in [0.15, 0.2) is 0 Å². The van der Waals surface area contributed by atoms with Crippen LogP contribution in [0.1, 0.15) is 29.8 Å². The van der Waals surface area contributed by atoms with Gasteiger partial charge in [0.15, 0.2) is 16.6 Å². The number of halogens is 1. The zero-order valence-corrected chi connectivity index (χ0v) is 12.1. The van der Waals surface area contributed by atoms with E-state index in [1.807, 2.05) is 13.8 Å². The average molecular weight is 280 g/mol. The molecule has 0 N–H and O–H groups in total. The van der Waals surface area contributed by atoms with Crippen molar-refractivity contribution >= 4 is 17.2 Å². The fraction of sp³-hybridized carbons (Fsp3) is 0.615. The number of hydrogen-bond acceptors (Lipinski definition) is 4. The first-order valence-electron chi connectivity index (χ1n) is 6.76. The summed E-state index contributed by atoms with van der Waals surface area (Å²) in [6, 6.07) is 0. The van der Waals surface area contributed by atoms with E-state index in [2.05, 4.69) is 20.2 Å². The van der Waals surface area contributed by atoms with Crippen molar-refractivity contribution in [1.29, 1.82) is 0 Å². The highest BCUT2D eigenvalue weighted by molar-refractivity contribution is 6.30. The molecule has 1 saturated heterocycles. The molecule has 1 aliphatic heterocycles. The largest absolute Gasteiger partial charge is 0.303 e. The smallest absolute Gasteiger partial charge is 0.181 e. The first kappa shape index (κ1) is 12.8. The molecule has 2 aromatic rings. The van der Waals surface area contributed by atoms with Crippen LogP contribution in [0.2, 0.25) is 5.15 Å². The van der Waals surface area contributed by atoms with Crippen LogP contribution in [0.3, 0.4) is 0 Å². The molecule has 6 heteroatoms. The zero-order chi connectivity index (χ0) is 13.4. The van der Waals surface area contributed by atoms with Crippen LogP contribution in [0, 0.1) is 13.8 Å². The fourth-order valence-electron chi connectivity index (χ4n) is 2.56. The third kappa shape index (κ3) is 2.32. The number of fused-ring (bicyclic) bond motifs is 1. The maximum absolute atomic E-state index is 6.15. The summed E-state index contributed by atoms with van der Waals surface area (Å²) in [5.41, 5.74) is 2.85. The van der Waals surface area contributed by atoms with Gasteiger partial charge in [0.2, 0.25) is 0 Å². The van der Waals surface area contributed by atoms with E-state index in [1.165, 1.54) is 25.9 Å². The van der Waals surface area contributed by atoms with Crippen LogP contribution in [0.4, 0.5) is 0 Å². The molecule has 0 radical (unpaired) electrons. The van der Waals surface area contributed by atoms with Gasteiger partial charge in [-0.05, 0) is 45.3 Å². The van der Waals surface area contributed by atoms with Gasteiger partial charge in [-0.25, -0.2) is 0 Å². The summed E-state index contributed by atoms with van der Waals surface area (Å²) in [5, 5.41) is 13.4. The third-order valence-corrected chi connectivity index (χ3v) is 4.31. The summed E-state index contributed by atoms with van der Waals surface area (Å²) in [6.07, 6.45) is 3.49. The predicted octanol–water partition coefficient (Wildman–Crippen LogP) is 2.03. The van der Waals surface area contributed by atoms with Gasteiger partial charge in [-0.1, -0.05) is 11.6 Å². The standard InChI is InChI=1S/C13H18ClN5/c1-9-10(2)13-16-15-11(19(13)17-12(9)14)5-8-18-6-3-4-7-18/h3-8H2,1-2H3. The lowest BCUT2D eigenvalue weighted by Crippen LogP contribution is -2.22. The predicted molar refractivity (Wildman–Crippen MR) is 74.6 cm³/mol. The second-order valence-corrected chi connectivity index (χ2v) is 5.55. The maximum Gasteiger partial charge on any atom is 0.181 e. The van der Waals surface area contributed by atoms with Crippen molar-refractivity contribution in [2.75, 3.05) is 19.6 Å². The van der Waals surface area contributed by atoms with Gasteiger partial charge in [0.05, 0.1) is 0 Å². The number of likely N-dealkylation sites (tertiary alicyclic amines) is 1. The molecule has 0 saturated carbocycles. The summed E-state index contributed by atoms with van der Waals surface area (Å²) in [7, 11) is 0. The molecular weight excluding hydrogens is 262 g/mol. The molecular formula is C13H18ClN5. The summed E-state index contributed by atoms with van der Waals surface area (Å²) >= 11 is 6.15. The summed E-state index contributed by atoms with van der Waals surface area (Å²) in [4.78, 5) is 2.46. The van der Waals surface area contributed by atoms with Crippen molar-refractivity contribution in [3.63, 3.8) is 0 Å². The quantitative estimate of drug-likeness (QED) is 0.862. The Morgan fingerprint density at radius 3 is 2.58 bits per heavy atom. The zero-order valence-electron chi connectivity index (χ0n) is 11.4. The van der Waals surface area contributed by atoms with Crippen molar-refractivity contribution in [3.05, 3.63) is 22.1 Å². The highest BCUT2D eigenvalue weighted by atomic mass is 35.5. The first-order chi connectivity index (χ1) is 9.16. The lowest BCUT2D eigenvalue weighted by atomic mass is 10.2. The molecule has 19 heavy (non-hydrogen) atoms. The number of rotatable bonds is 3. The van der Waals surface area contributed by atoms with E-state index in [0.717, 1.165) is 35.6 Å². The molecule has 3 rings (SSSR count). The Balaban J connectivity index is 1.87. The van der Waals surface area contributed by atoms with Crippen LogP contribution >= 0.6 is 11.6 Å². The minimum Gasteiger partial charge on any atom is -0.303 e. The molecule has 3 heterocycles. The molecule has 0 spiro atoms. The Labute approximate surface area is 117 Å². The van der Waals surface area contributed by atoms with Crippen molar-refractivity contribution in [2.24, 2.45) is 0 Å². The summed E-state index contributed by atoms with van der Waals surface area (Å²) < 4.78 is 1.79. The van der Waals surface area contributed by atoms with E-state index in [1.54, 1.807) is 4.52 Å². The molecule has 0 bridgehead atoms. The van der Waals surface area contributed by atoms with Gasteiger partial charge in [-0.15, -0.1) is 10.2 Å². The van der Waals surface area contributed by atoms with Crippen LogP contribution in [-0.4, -0.2) is 44.3 Å². The number of aryl methyl sites for hydroxylation is 1. The summed E-state index contributed by atoms with van der Waals surface area (Å²) in [5.74, 6) is 0.895. The summed E-state index contributed by atoms with van der Waals surface area (Å²) in [6.45, 7) is 7.39. The second kappa shape index (κ2) is 5.06. The Hall–Kier alpha value is -1.20. The molecule has 2 aromatic heterocycles. The number of hydrogen-bond donors (Lipinski definition) is 0. The van der Waals surface area contributed by atoms with Gasteiger partial charge in [-0.3, -0.25) is 0 Å². The van der Waals surface area contributed by atoms with E-state index in [4.69, 9.17) is 11.6 Å². The van der Waals surface area contributed by atoms with Gasteiger partial charge in [0.1, 0.15) is 0 Å². The molecule has 102 valence electrons. The molecule has 5 nitrogen and oxygen atoms in total. The Morgan fingerprint density at radius 1 is 1.11 bits per heavy atom. The van der Waals surface area contributed by atoms with Crippen LogP contribution < -0.4 is 0 Å². The molecule has 1 fully saturated rings. The highest BCUT2D eigenvalue weighted by Crippen LogP contribution is 2.19. The van der Waals surface area contributed by atoms with Crippen LogP contribution in [0.25, 0.3) is 5.65 Å². The van der Waals surface area contributed by atoms with Crippen molar-refractivity contribution in [1.82, 2.24) is 24.7 Å². The molecule has 0 amide bonds. The minimum absolute atomic E-state index is 0.534. The van der Waals surface area contributed by atoms with Gasteiger partial charge in [0.25, 0.3) is 0 Å². The van der Waals surface area contributed by atoms with E-state index < -0.39 is 0 Å². The molecule has 1 aliphatic rings. The van der Waals surface area contributed by atoms with Crippen molar-refractivity contribution in [2.45, 2.75) is 33.1 Å². The first-order valence-corrected chi connectivity index (χ1v) is 7.14. The monoisotopic (exact) mass is 279 g/mol. The Kier molecular flexibility index (Phi) is 3.41. The number of aromatic nitrogens is 4. The molecule has 0 atom stereocenters. The molecule has 0 unspecified atom stereocenters. The lowest BCUT2D eigenvalue weighted by Gasteiger charge is -2.13. The Morgan fingerprint density at radius 2 is 1.84 bits per heavy atom. The van der Waals surface area contributed by atoms with Gasteiger partial charge < -0.3 is 4.90 Å². The van der Waals surface area contributed by atoms with Gasteiger partial charge in [0, 0.05) is 18.5 Å². The highest BCUT2D eigenvalue weighted by Gasteiger charge is 2.16. The third-order valence-electron chi connectivity index (χ3n) is 3.95. The van der Waals surface area contributed by atoms with E-state index >= 15 is 0 Å². The maximum atomic E-state index is 6.15. The molecule has 0 aliphatic carbocycles. The van der Waals surface area contributed by atoms with E-state index in [-0.39, 0.29) is 0 Å². The normalized spacial score (nSPS) is 16.6. The average Bonchev–Trinajstić information content (AvgIpc) is 3.03. The minimum atomic E-state index is 0.534. The van der Waals surface area contributed by atoms with Gasteiger partial charge >= 0.3 is 0 Å². The lowest BCUT2D eigenvalue weighted by molar-refractivity contribution is 0.340. The van der Waals surface area contributed by atoms with Crippen molar-refractivity contribution in [3.8, 4) is 0 Å².